The van der Waals surface area contributed by atoms with Gasteiger partial charge in [0.15, 0.2) is 0 Å². The number of hydrogen-bond acceptors (Lipinski definition) is 2. The van der Waals surface area contributed by atoms with E-state index in [9.17, 15) is 0 Å². The molecule has 1 fully saturated rings. The Kier molecular flexibility index (Phi) is 5.49. The van der Waals surface area contributed by atoms with Gasteiger partial charge in [0, 0.05) is 6.54 Å². The molecule has 2 heteroatoms. The van der Waals surface area contributed by atoms with Gasteiger partial charge >= 0.3 is 0 Å². The van der Waals surface area contributed by atoms with Gasteiger partial charge in [-0.3, -0.25) is 0 Å². The summed E-state index contributed by atoms with van der Waals surface area (Å²) in [5.74, 6) is 1.78. The summed E-state index contributed by atoms with van der Waals surface area (Å²) in [6.07, 6.45) is 4.01. The Morgan fingerprint density at radius 3 is 2.57 bits per heavy atom. The fourth-order valence-corrected chi connectivity index (χ4v) is 2.26. The molecule has 0 aliphatic carbocycles. The molecule has 0 aromatic heterocycles. The molecule has 14 heavy (non-hydrogen) atoms. The predicted molar refractivity (Wildman–Crippen MR) is 62.5 cm³/mol. The highest BCUT2D eigenvalue weighted by molar-refractivity contribution is 4.75. The first-order valence-electron chi connectivity index (χ1n) is 6.15. The van der Waals surface area contributed by atoms with E-state index < -0.39 is 0 Å². The lowest BCUT2D eigenvalue weighted by Crippen LogP contribution is -2.29. The number of likely N-dealkylation sites (tertiary alicyclic amines) is 1. The van der Waals surface area contributed by atoms with E-state index >= 15 is 0 Å². The van der Waals surface area contributed by atoms with E-state index in [1.807, 2.05) is 0 Å². The lowest BCUT2D eigenvalue weighted by molar-refractivity contribution is 0.376. The smallest absolute Gasteiger partial charge is 0.00192 e. The summed E-state index contributed by atoms with van der Waals surface area (Å²) < 4.78 is 0. The molecule has 1 aliphatic heterocycles. The van der Waals surface area contributed by atoms with E-state index in [-0.39, 0.29) is 0 Å². The molecular formula is C12H26N2. The van der Waals surface area contributed by atoms with Crippen molar-refractivity contribution in [3.05, 3.63) is 0 Å². The molecule has 0 saturated carbocycles. The summed E-state index contributed by atoms with van der Waals surface area (Å²) in [5.41, 5.74) is 0. The van der Waals surface area contributed by atoms with Crippen LogP contribution in [0.1, 0.15) is 33.1 Å². The Balaban J connectivity index is 2.03. The van der Waals surface area contributed by atoms with E-state index in [0.717, 1.165) is 11.8 Å². The molecule has 2 nitrogen and oxygen atoms in total. The molecule has 0 bridgehead atoms. The van der Waals surface area contributed by atoms with Gasteiger partial charge in [-0.1, -0.05) is 26.7 Å². The van der Waals surface area contributed by atoms with E-state index in [4.69, 9.17) is 0 Å². The van der Waals surface area contributed by atoms with Crippen molar-refractivity contribution in [2.45, 2.75) is 33.1 Å². The van der Waals surface area contributed by atoms with Crippen molar-refractivity contribution in [1.29, 1.82) is 0 Å². The van der Waals surface area contributed by atoms with Crippen molar-refractivity contribution in [3.8, 4) is 0 Å². The van der Waals surface area contributed by atoms with Gasteiger partial charge in [0.1, 0.15) is 0 Å². The Morgan fingerprint density at radius 2 is 2.07 bits per heavy atom. The van der Waals surface area contributed by atoms with E-state index in [1.165, 1.54) is 45.4 Å². The van der Waals surface area contributed by atoms with Crippen LogP contribution in [-0.2, 0) is 0 Å². The summed E-state index contributed by atoms with van der Waals surface area (Å²) in [7, 11) is 2.22. The summed E-state index contributed by atoms with van der Waals surface area (Å²) in [5, 5.41) is 3.62. The van der Waals surface area contributed by atoms with Gasteiger partial charge in [-0.25, -0.2) is 0 Å². The fourth-order valence-electron chi connectivity index (χ4n) is 2.26. The molecule has 0 aromatic carbocycles. The van der Waals surface area contributed by atoms with Crippen molar-refractivity contribution in [3.63, 3.8) is 0 Å². The lowest BCUT2D eigenvalue weighted by atomic mass is 10.0. The maximum Gasteiger partial charge on any atom is 0.00192 e. The Bertz CT molecular complexity index is 143. The highest BCUT2D eigenvalue weighted by Gasteiger charge is 2.18. The van der Waals surface area contributed by atoms with Gasteiger partial charge in [-0.15, -0.1) is 0 Å². The first-order valence-corrected chi connectivity index (χ1v) is 6.15. The van der Waals surface area contributed by atoms with Crippen molar-refractivity contribution in [2.24, 2.45) is 11.8 Å². The van der Waals surface area contributed by atoms with Crippen LogP contribution in [0.5, 0.6) is 0 Å². The third-order valence-corrected chi connectivity index (χ3v) is 3.51. The molecule has 1 saturated heterocycles. The summed E-state index contributed by atoms with van der Waals surface area (Å²) in [4.78, 5) is 2.43. The molecule has 1 rings (SSSR count). The molecule has 0 spiro atoms. The molecule has 1 N–H and O–H groups in total. The Hall–Kier alpha value is -0.0800. The summed E-state index contributed by atoms with van der Waals surface area (Å²) in [6.45, 7) is 9.60. The van der Waals surface area contributed by atoms with Crippen LogP contribution < -0.4 is 5.32 Å². The first-order chi connectivity index (χ1) is 6.76. The van der Waals surface area contributed by atoms with Crippen molar-refractivity contribution in [2.75, 3.05) is 33.2 Å². The third kappa shape index (κ3) is 3.97. The second-order valence-corrected chi connectivity index (χ2v) is 4.76. The standard InChI is InChI=1S/C12H26N2/c1-4-11(5-2)8-13-9-12-6-7-14(3)10-12/h11-13H,4-10H2,1-3H3. The van der Waals surface area contributed by atoms with Crippen LogP contribution in [0.4, 0.5) is 0 Å². The molecule has 0 amide bonds. The van der Waals surface area contributed by atoms with Gasteiger partial charge in [0.05, 0.1) is 0 Å². The largest absolute Gasteiger partial charge is 0.316 e. The minimum absolute atomic E-state index is 0.883. The van der Waals surface area contributed by atoms with Crippen LogP contribution >= 0.6 is 0 Å². The Morgan fingerprint density at radius 1 is 1.36 bits per heavy atom. The predicted octanol–water partition coefficient (Wildman–Crippen LogP) is 1.96. The van der Waals surface area contributed by atoms with Crippen molar-refractivity contribution in [1.82, 2.24) is 10.2 Å². The van der Waals surface area contributed by atoms with E-state index in [2.05, 4.69) is 31.1 Å². The van der Waals surface area contributed by atoms with Gasteiger partial charge in [-0.05, 0) is 44.9 Å². The molecule has 1 aliphatic rings. The van der Waals surface area contributed by atoms with Crippen molar-refractivity contribution >= 4 is 0 Å². The molecule has 0 aromatic rings. The number of rotatable bonds is 6. The monoisotopic (exact) mass is 198 g/mol. The zero-order chi connectivity index (χ0) is 10.4. The second-order valence-electron chi connectivity index (χ2n) is 4.76. The zero-order valence-corrected chi connectivity index (χ0v) is 10.1. The molecule has 1 atom stereocenters. The maximum atomic E-state index is 3.62. The molecule has 1 heterocycles. The quantitative estimate of drug-likeness (QED) is 0.702. The molecular weight excluding hydrogens is 172 g/mol. The highest BCUT2D eigenvalue weighted by Crippen LogP contribution is 2.13. The third-order valence-electron chi connectivity index (χ3n) is 3.51. The molecule has 84 valence electrons. The van der Waals surface area contributed by atoms with Crippen LogP contribution in [0.2, 0.25) is 0 Å². The van der Waals surface area contributed by atoms with Crippen molar-refractivity contribution < 1.29 is 0 Å². The Labute approximate surface area is 89.1 Å². The summed E-state index contributed by atoms with van der Waals surface area (Å²) in [6, 6.07) is 0. The summed E-state index contributed by atoms with van der Waals surface area (Å²) >= 11 is 0. The second kappa shape index (κ2) is 6.41. The van der Waals surface area contributed by atoms with Gasteiger partial charge in [0.25, 0.3) is 0 Å². The average molecular weight is 198 g/mol. The number of hydrogen-bond donors (Lipinski definition) is 1. The maximum absolute atomic E-state index is 3.62. The topological polar surface area (TPSA) is 15.3 Å². The van der Waals surface area contributed by atoms with Crippen LogP contribution in [0.15, 0.2) is 0 Å². The van der Waals surface area contributed by atoms with Gasteiger partial charge in [-0.2, -0.15) is 0 Å². The number of nitrogens with zero attached hydrogens (tertiary/aromatic N) is 1. The van der Waals surface area contributed by atoms with Gasteiger partial charge < -0.3 is 10.2 Å². The van der Waals surface area contributed by atoms with Crippen LogP contribution in [0, 0.1) is 11.8 Å². The minimum Gasteiger partial charge on any atom is -0.316 e. The minimum atomic E-state index is 0.883. The first kappa shape index (κ1) is 12.0. The molecule has 0 radical (unpaired) electrons. The normalized spacial score (nSPS) is 23.6. The lowest BCUT2D eigenvalue weighted by Gasteiger charge is -2.16. The van der Waals surface area contributed by atoms with Crippen LogP contribution in [0.3, 0.4) is 0 Å². The van der Waals surface area contributed by atoms with E-state index in [0.29, 0.717) is 0 Å². The van der Waals surface area contributed by atoms with E-state index in [1.54, 1.807) is 0 Å². The highest BCUT2D eigenvalue weighted by atomic mass is 15.1. The fraction of sp³-hybridized carbons (Fsp3) is 1.00. The molecule has 1 unspecified atom stereocenters. The SMILES string of the molecule is CCC(CC)CNCC1CCN(C)C1. The van der Waals surface area contributed by atoms with Crippen LogP contribution in [0.25, 0.3) is 0 Å². The number of nitrogens with one attached hydrogen (secondary N) is 1. The average Bonchev–Trinajstić information content (AvgIpc) is 2.59. The van der Waals surface area contributed by atoms with Crippen LogP contribution in [-0.4, -0.2) is 38.1 Å². The van der Waals surface area contributed by atoms with Gasteiger partial charge in [0.2, 0.25) is 0 Å². The zero-order valence-electron chi connectivity index (χ0n) is 10.1.